The first kappa shape index (κ1) is 12.8. The van der Waals surface area contributed by atoms with Gasteiger partial charge in [0.25, 0.3) is 5.91 Å². The smallest absolute Gasteiger partial charge is 0.326 e. The number of aliphatic carboxylic acids is 1. The van der Waals surface area contributed by atoms with Crippen LogP contribution in [0.25, 0.3) is 0 Å². The van der Waals surface area contributed by atoms with Gasteiger partial charge in [-0.25, -0.2) is 4.79 Å². The number of carbonyl (C=O) groups is 2. The molecule has 1 aromatic heterocycles. The summed E-state index contributed by atoms with van der Waals surface area (Å²) in [5.74, 6) is -0.911. The molecule has 6 nitrogen and oxygen atoms in total. The lowest BCUT2D eigenvalue weighted by Gasteiger charge is -2.20. The number of aliphatic hydroxyl groups excluding tert-OH is 1. The zero-order valence-electron chi connectivity index (χ0n) is 9.70. The second-order valence-corrected chi connectivity index (χ2v) is 4.96. The average molecular weight is 271 g/mol. The number of thiophene rings is 1. The Hall–Kier alpha value is -1.60. The predicted molar refractivity (Wildman–Crippen MR) is 64.0 cm³/mol. The first-order valence-electron chi connectivity index (χ1n) is 5.37. The van der Waals surface area contributed by atoms with Gasteiger partial charge in [-0.2, -0.15) is 0 Å². The first-order chi connectivity index (χ1) is 8.52. The van der Waals surface area contributed by atoms with E-state index in [9.17, 15) is 14.7 Å². The quantitative estimate of drug-likeness (QED) is 0.831. The van der Waals surface area contributed by atoms with Crippen LogP contribution < -0.4 is 4.74 Å². The number of hydrogen-bond donors (Lipinski definition) is 2. The number of nitrogens with zero attached hydrogens (tertiary/aromatic N) is 1. The summed E-state index contributed by atoms with van der Waals surface area (Å²) in [4.78, 5) is 24.8. The van der Waals surface area contributed by atoms with Crippen LogP contribution in [0.2, 0.25) is 0 Å². The molecule has 1 aliphatic rings. The Labute approximate surface area is 107 Å². The minimum Gasteiger partial charge on any atom is -0.496 e. The second kappa shape index (κ2) is 4.95. The van der Waals surface area contributed by atoms with Crippen molar-refractivity contribution in [2.75, 3.05) is 13.7 Å². The molecule has 0 bridgehead atoms. The van der Waals surface area contributed by atoms with E-state index in [2.05, 4.69) is 0 Å². The van der Waals surface area contributed by atoms with Crippen molar-refractivity contribution in [3.8, 4) is 5.75 Å². The Bertz CT molecular complexity index is 472. The summed E-state index contributed by atoms with van der Waals surface area (Å²) in [5.41, 5.74) is 0. The lowest BCUT2D eigenvalue weighted by Crippen LogP contribution is -2.40. The van der Waals surface area contributed by atoms with Crippen LogP contribution in [0.1, 0.15) is 16.1 Å². The second-order valence-electron chi connectivity index (χ2n) is 4.05. The van der Waals surface area contributed by atoms with Crippen molar-refractivity contribution in [3.63, 3.8) is 0 Å². The van der Waals surface area contributed by atoms with Crippen LogP contribution in [0.4, 0.5) is 0 Å². The summed E-state index contributed by atoms with van der Waals surface area (Å²) in [6.07, 6.45) is -0.708. The molecule has 1 aliphatic heterocycles. The SMILES string of the molecule is COc1csc(C(=O)N2CC(O)CC2C(=O)O)c1. The Balaban J connectivity index is 2.19. The molecule has 18 heavy (non-hydrogen) atoms. The highest BCUT2D eigenvalue weighted by molar-refractivity contribution is 7.12. The summed E-state index contributed by atoms with van der Waals surface area (Å²) in [5, 5.41) is 20.2. The van der Waals surface area contributed by atoms with Gasteiger partial charge >= 0.3 is 5.97 Å². The van der Waals surface area contributed by atoms with Crippen molar-refractivity contribution in [2.24, 2.45) is 0 Å². The third-order valence-corrected chi connectivity index (χ3v) is 3.74. The van der Waals surface area contributed by atoms with Gasteiger partial charge in [-0.1, -0.05) is 0 Å². The maximum absolute atomic E-state index is 12.1. The molecule has 0 radical (unpaired) electrons. The molecule has 2 N–H and O–H groups in total. The van der Waals surface area contributed by atoms with Crippen molar-refractivity contribution in [3.05, 3.63) is 16.3 Å². The van der Waals surface area contributed by atoms with E-state index in [0.717, 1.165) is 0 Å². The van der Waals surface area contributed by atoms with Crippen molar-refractivity contribution >= 4 is 23.2 Å². The fourth-order valence-corrected chi connectivity index (χ4v) is 2.76. The molecule has 1 aromatic rings. The lowest BCUT2D eigenvalue weighted by atomic mass is 10.2. The van der Waals surface area contributed by atoms with Gasteiger partial charge in [-0.3, -0.25) is 4.79 Å². The van der Waals surface area contributed by atoms with Crippen LogP contribution >= 0.6 is 11.3 Å². The number of β-amino-alcohol motifs (C(OH)–C–C–N with tert-alkyl or cyclic N) is 1. The highest BCUT2D eigenvalue weighted by Crippen LogP contribution is 2.26. The van der Waals surface area contributed by atoms with Crippen LogP contribution in [-0.4, -0.2) is 52.8 Å². The largest absolute Gasteiger partial charge is 0.496 e. The number of carboxylic acid groups (broad SMARTS) is 1. The third-order valence-electron chi connectivity index (χ3n) is 2.85. The summed E-state index contributed by atoms with van der Waals surface area (Å²) < 4.78 is 4.98. The zero-order chi connectivity index (χ0) is 13.3. The summed E-state index contributed by atoms with van der Waals surface area (Å²) >= 11 is 1.19. The molecule has 0 saturated carbocycles. The monoisotopic (exact) mass is 271 g/mol. The number of aliphatic hydroxyl groups is 1. The van der Waals surface area contributed by atoms with E-state index < -0.39 is 18.1 Å². The molecule has 7 heteroatoms. The number of likely N-dealkylation sites (tertiary alicyclic amines) is 1. The van der Waals surface area contributed by atoms with E-state index in [4.69, 9.17) is 9.84 Å². The highest BCUT2D eigenvalue weighted by atomic mass is 32.1. The Morgan fingerprint density at radius 2 is 2.28 bits per heavy atom. The van der Waals surface area contributed by atoms with Gasteiger partial charge in [0.05, 0.1) is 18.1 Å². The molecule has 1 fully saturated rings. The van der Waals surface area contributed by atoms with E-state index in [-0.39, 0.29) is 18.9 Å². The van der Waals surface area contributed by atoms with E-state index in [1.807, 2.05) is 0 Å². The van der Waals surface area contributed by atoms with Gasteiger partial charge in [0.2, 0.25) is 0 Å². The number of hydrogen-bond acceptors (Lipinski definition) is 5. The zero-order valence-corrected chi connectivity index (χ0v) is 10.5. The van der Waals surface area contributed by atoms with Crippen LogP contribution in [0.15, 0.2) is 11.4 Å². The Morgan fingerprint density at radius 3 is 2.83 bits per heavy atom. The van der Waals surface area contributed by atoms with Crippen LogP contribution in [0, 0.1) is 0 Å². The lowest BCUT2D eigenvalue weighted by molar-refractivity contribution is -0.141. The highest BCUT2D eigenvalue weighted by Gasteiger charge is 2.39. The summed E-state index contributed by atoms with van der Waals surface area (Å²) in [6.45, 7) is 0.0516. The molecule has 98 valence electrons. The fourth-order valence-electron chi connectivity index (χ4n) is 1.95. The molecule has 0 aliphatic carbocycles. The van der Waals surface area contributed by atoms with Gasteiger partial charge in [-0.15, -0.1) is 11.3 Å². The van der Waals surface area contributed by atoms with Crippen LogP contribution in [-0.2, 0) is 4.79 Å². The van der Waals surface area contributed by atoms with Gasteiger partial charge in [0, 0.05) is 24.4 Å². The number of ether oxygens (including phenoxy) is 1. The van der Waals surface area contributed by atoms with Crippen molar-refractivity contribution in [1.82, 2.24) is 4.90 Å². The Kier molecular flexibility index (Phi) is 3.53. The molecule has 1 amide bonds. The Morgan fingerprint density at radius 1 is 1.56 bits per heavy atom. The molecule has 0 aromatic carbocycles. The summed E-state index contributed by atoms with van der Waals surface area (Å²) in [6, 6.07) is 0.608. The summed E-state index contributed by atoms with van der Waals surface area (Å²) in [7, 11) is 1.50. The molecule has 1 saturated heterocycles. The minimum absolute atomic E-state index is 0.0516. The molecule has 2 heterocycles. The fraction of sp³-hybridized carbons (Fsp3) is 0.455. The minimum atomic E-state index is -1.09. The molecular formula is C11H13NO5S. The predicted octanol–water partition coefficient (Wildman–Crippen LogP) is 0.417. The molecule has 0 spiro atoms. The molecule has 2 atom stereocenters. The van der Waals surface area contributed by atoms with E-state index in [1.165, 1.54) is 23.3 Å². The maximum Gasteiger partial charge on any atom is 0.326 e. The normalized spacial score (nSPS) is 23.1. The maximum atomic E-state index is 12.1. The van der Waals surface area contributed by atoms with E-state index in [0.29, 0.717) is 10.6 Å². The van der Waals surface area contributed by atoms with Gasteiger partial charge in [0.1, 0.15) is 11.8 Å². The molecule has 2 unspecified atom stereocenters. The van der Waals surface area contributed by atoms with Crippen molar-refractivity contribution in [1.29, 1.82) is 0 Å². The molecule has 2 rings (SSSR count). The van der Waals surface area contributed by atoms with Crippen molar-refractivity contribution < 1.29 is 24.5 Å². The standard InChI is InChI=1S/C11H13NO5S/c1-17-7-3-9(18-5-7)10(14)12-4-6(13)2-8(12)11(15)16/h3,5-6,8,13H,2,4H2,1H3,(H,15,16). The van der Waals surface area contributed by atoms with Gasteiger partial charge < -0.3 is 19.8 Å². The van der Waals surface area contributed by atoms with Crippen LogP contribution in [0.5, 0.6) is 5.75 Å². The number of carbonyl (C=O) groups excluding carboxylic acids is 1. The van der Waals surface area contributed by atoms with E-state index >= 15 is 0 Å². The number of amides is 1. The third kappa shape index (κ3) is 2.32. The van der Waals surface area contributed by atoms with Crippen LogP contribution in [0.3, 0.4) is 0 Å². The van der Waals surface area contributed by atoms with Gasteiger partial charge in [-0.05, 0) is 0 Å². The number of rotatable bonds is 3. The number of carboxylic acids is 1. The average Bonchev–Trinajstić information content (AvgIpc) is 2.94. The van der Waals surface area contributed by atoms with E-state index in [1.54, 1.807) is 11.4 Å². The first-order valence-corrected chi connectivity index (χ1v) is 6.25. The van der Waals surface area contributed by atoms with Crippen molar-refractivity contribution in [2.45, 2.75) is 18.6 Å². The topological polar surface area (TPSA) is 87.1 Å². The van der Waals surface area contributed by atoms with Gasteiger partial charge in [0.15, 0.2) is 0 Å². The molecular weight excluding hydrogens is 258 g/mol. The number of methoxy groups -OCH3 is 1.